The van der Waals surface area contributed by atoms with Crippen LogP contribution in [0.15, 0.2) is 22.7 Å². The van der Waals surface area contributed by atoms with Gasteiger partial charge in [0.25, 0.3) is 5.91 Å². The van der Waals surface area contributed by atoms with Gasteiger partial charge in [-0.2, -0.15) is 0 Å². The number of hydrogen-bond acceptors (Lipinski definition) is 5. The highest BCUT2D eigenvalue weighted by atomic mass is 16.5. The molecule has 2 N–H and O–H groups in total. The van der Waals surface area contributed by atoms with E-state index in [0.717, 1.165) is 30.8 Å². The minimum Gasteiger partial charge on any atom is -0.453 e. The number of pyridine rings is 1. The molecule has 0 atom stereocenters. The summed E-state index contributed by atoms with van der Waals surface area (Å²) in [6.07, 6.45) is 2.88. The molecule has 0 unspecified atom stereocenters. The van der Waals surface area contributed by atoms with Gasteiger partial charge in [-0.1, -0.05) is 0 Å². The summed E-state index contributed by atoms with van der Waals surface area (Å²) < 4.78 is 10.4. The second-order valence-electron chi connectivity index (χ2n) is 5.63. The number of aryl methyl sites for hydroxylation is 1. The summed E-state index contributed by atoms with van der Waals surface area (Å²) >= 11 is 0. The highest BCUT2D eigenvalue weighted by Crippen LogP contribution is 2.20. The molecule has 3 heterocycles. The zero-order valence-corrected chi connectivity index (χ0v) is 13.4. The van der Waals surface area contributed by atoms with Gasteiger partial charge in [0.05, 0.1) is 0 Å². The van der Waals surface area contributed by atoms with Crippen molar-refractivity contribution in [3.05, 3.63) is 52.2 Å². The summed E-state index contributed by atoms with van der Waals surface area (Å²) in [4.78, 5) is 16.7. The van der Waals surface area contributed by atoms with Crippen LogP contribution in [0, 0.1) is 6.92 Å². The van der Waals surface area contributed by atoms with E-state index >= 15 is 0 Å². The van der Waals surface area contributed by atoms with Gasteiger partial charge in [-0.25, -0.2) is 0 Å². The second-order valence-corrected chi connectivity index (χ2v) is 5.63. The molecule has 0 aromatic carbocycles. The van der Waals surface area contributed by atoms with Crippen molar-refractivity contribution in [3.8, 4) is 0 Å². The highest BCUT2D eigenvalue weighted by molar-refractivity contribution is 5.91. The van der Waals surface area contributed by atoms with E-state index in [2.05, 4.69) is 15.6 Å². The van der Waals surface area contributed by atoms with Crippen LogP contribution in [0.5, 0.6) is 0 Å². The molecule has 0 radical (unpaired) electrons. The van der Waals surface area contributed by atoms with Gasteiger partial charge in [-0.05, 0) is 48.7 Å². The van der Waals surface area contributed by atoms with Crippen molar-refractivity contribution in [2.75, 3.05) is 13.7 Å². The lowest BCUT2D eigenvalue weighted by Crippen LogP contribution is -2.28. The number of nitrogens with zero attached hydrogens (tertiary/aromatic N) is 1. The van der Waals surface area contributed by atoms with Gasteiger partial charge < -0.3 is 19.8 Å². The maximum atomic E-state index is 12.2. The van der Waals surface area contributed by atoms with Crippen LogP contribution in [0.4, 0.5) is 0 Å². The van der Waals surface area contributed by atoms with Crippen LogP contribution in [-0.2, 0) is 30.9 Å². The molecule has 1 aliphatic rings. The molecule has 122 valence electrons. The first-order valence-electron chi connectivity index (χ1n) is 7.72. The van der Waals surface area contributed by atoms with Crippen molar-refractivity contribution < 1.29 is 13.9 Å². The third-order valence-electron chi connectivity index (χ3n) is 4.07. The molecule has 3 rings (SSSR count). The summed E-state index contributed by atoms with van der Waals surface area (Å²) in [6.45, 7) is 4.59. The van der Waals surface area contributed by atoms with Crippen LogP contribution in [-0.4, -0.2) is 24.5 Å². The van der Waals surface area contributed by atoms with Crippen molar-refractivity contribution in [3.63, 3.8) is 0 Å². The van der Waals surface area contributed by atoms with Crippen LogP contribution in [0.1, 0.15) is 38.7 Å². The molecule has 0 spiro atoms. The fourth-order valence-corrected chi connectivity index (χ4v) is 2.85. The zero-order valence-electron chi connectivity index (χ0n) is 13.4. The maximum Gasteiger partial charge on any atom is 0.287 e. The number of nitrogens with one attached hydrogen (secondary N) is 2. The van der Waals surface area contributed by atoms with Gasteiger partial charge in [0.2, 0.25) is 0 Å². The number of ether oxygens (including phenoxy) is 1. The number of aromatic nitrogens is 1. The number of carbonyl (C=O) groups excluding carboxylic acids is 1. The van der Waals surface area contributed by atoms with Crippen LogP contribution >= 0.6 is 0 Å². The first-order valence-corrected chi connectivity index (χ1v) is 7.72. The number of hydrogen-bond donors (Lipinski definition) is 2. The van der Waals surface area contributed by atoms with E-state index < -0.39 is 0 Å². The Kier molecular flexibility index (Phi) is 4.73. The van der Waals surface area contributed by atoms with Crippen LogP contribution in [0.3, 0.4) is 0 Å². The predicted octanol–water partition coefficient (Wildman–Crippen LogP) is 1.71. The van der Waals surface area contributed by atoms with Gasteiger partial charge in [0.1, 0.15) is 12.4 Å². The molecule has 1 aliphatic heterocycles. The number of amides is 1. The molecular weight excluding hydrogens is 294 g/mol. The van der Waals surface area contributed by atoms with Gasteiger partial charge in [-0.3, -0.25) is 9.78 Å². The molecule has 0 aliphatic carbocycles. The number of rotatable bonds is 5. The molecule has 0 fully saturated rings. The lowest BCUT2D eigenvalue weighted by molar-refractivity contribution is 0.0914. The normalized spacial score (nSPS) is 13.7. The molecule has 0 saturated heterocycles. The van der Waals surface area contributed by atoms with Gasteiger partial charge in [0, 0.05) is 32.1 Å². The largest absolute Gasteiger partial charge is 0.453 e. The molecule has 6 nitrogen and oxygen atoms in total. The summed E-state index contributed by atoms with van der Waals surface area (Å²) in [6, 6.07) is 3.42. The summed E-state index contributed by atoms with van der Waals surface area (Å²) in [5.41, 5.74) is 4.59. The van der Waals surface area contributed by atoms with Crippen LogP contribution < -0.4 is 10.6 Å². The van der Waals surface area contributed by atoms with E-state index in [9.17, 15) is 4.79 Å². The van der Waals surface area contributed by atoms with Gasteiger partial charge in [-0.15, -0.1) is 0 Å². The minimum absolute atomic E-state index is 0.224. The topological polar surface area (TPSA) is 76.4 Å². The molecule has 6 heteroatoms. The standard InChI is InChI=1S/C17H21N3O3/c1-11-15(14-5-6-18-7-12(14)8-19-11)9-20-17(21)16-4-3-13(23-16)10-22-2/h3-4,8,18H,5-7,9-10H2,1-2H3,(H,20,21). The van der Waals surface area contributed by atoms with E-state index in [1.807, 2.05) is 13.1 Å². The Bertz CT molecular complexity index is 709. The molecule has 23 heavy (non-hydrogen) atoms. The lowest BCUT2D eigenvalue weighted by atomic mass is 9.96. The van der Waals surface area contributed by atoms with E-state index in [1.54, 1.807) is 19.2 Å². The number of fused-ring (bicyclic) bond motifs is 1. The summed E-state index contributed by atoms with van der Waals surface area (Å²) in [7, 11) is 1.59. The smallest absolute Gasteiger partial charge is 0.287 e. The quantitative estimate of drug-likeness (QED) is 0.878. The molecule has 0 saturated carbocycles. The zero-order chi connectivity index (χ0) is 16.2. The lowest BCUT2D eigenvalue weighted by Gasteiger charge is -2.21. The molecular formula is C17H21N3O3. The van der Waals surface area contributed by atoms with E-state index in [0.29, 0.717) is 24.7 Å². The van der Waals surface area contributed by atoms with E-state index in [1.165, 1.54) is 11.1 Å². The molecule has 2 aromatic rings. The third kappa shape index (κ3) is 3.43. The first-order chi connectivity index (χ1) is 11.2. The second kappa shape index (κ2) is 6.93. The Hall–Kier alpha value is -2.18. The van der Waals surface area contributed by atoms with Crippen molar-refractivity contribution in [2.24, 2.45) is 0 Å². The Balaban J connectivity index is 1.71. The third-order valence-corrected chi connectivity index (χ3v) is 4.07. The Morgan fingerprint density at radius 1 is 1.48 bits per heavy atom. The van der Waals surface area contributed by atoms with E-state index in [-0.39, 0.29) is 5.91 Å². The number of carbonyl (C=O) groups is 1. The Labute approximate surface area is 135 Å². The predicted molar refractivity (Wildman–Crippen MR) is 85.0 cm³/mol. The first kappa shape index (κ1) is 15.7. The van der Waals surface area contributed by atoms with Crippen molar-refractivity contribution in [1.82, 2.24) is 15.6 Å². The SMILES string of the molecule is COCc1ccc(C(=O)NCc2c(C)ncc3c2CCNC3)o1. The Morgan fingerprint density at radius 2 is 2.35 bits per heavy atom. The summed E-state index contributed by atoms with van der Waals surface area (Å²) in [5.74, 6) is 0.714. The number of methoxy groups -OCH3 is 1. The minimum atomic E-state index is -0.224. The van der Waals surface area contributed by atoms with Crippen molar-refractivity contribution in [1.29, 1.82) is 0 Å². The van der Waals surface area contributed by atoms with Gasteiger partial charge >= 0.3 is 0 Å². The molecule has 1 amide bonds. The fraction of sp³-hybridized carbons (Fsp3) is 0.412. The fourth-order valence-electron chi connectivity index (χ4n) is 2.85. The molecule has 0 bridgehead atoms. The summed E-state index contributed by atoms with van der Waals surface area (Å²) in [5, 5.41) is 6.27. The Morgan fingerprint density at radius 3 is 3.17 bits per heavy atom. The van der Waals surface area contributed by atoms with Crippen LogP contribution in [0.25, 0.3) is 0 Å². The number of furan rings is 1. The van der Waals surface area contributed by atoms with E-state index in [4.69, 9.17) is 9.15 Å². The average Bonchev–Trinajstić information content (AvgIpc) is 3.03. The monoisotopic (exact) mass is 315 g/mol. The highest BCUT2D eigenvalue weighted by Gasteiger charge is 2.17. The van der Waals surface area contributed by atoms with Crippen molar-refractivity contribution in [2.45, 2.75) is 33.0 Å². The average molecular weight is 315 g/mol. The molecule has 2 aromatic heterocycles. The van der Waals surface area contributed by atoms with Crippen LogP contribution in [0.2, 0.25) is 0 Å². The van der Waals surface area contributed by atoms with Gasteiger partial charge in [0.15, 0.2) is 5.76 Å². The maximum absolute atomic E-state index is 12.2. The van der Waals surface area contributed by atoms with Crippen molar-refractivity contribution >= 4 is 5.91 Å².